The van der Waals surface area contributed by atoms with E-state index >= 15 is 0 Å². The Morgan fingerprint density at radius 3 is 2.43 bits per heavy atom. The molecule has 0 radical (unpaired) electrons. The van der Waals surface area contributed by atoms with E-state index in [1.54, 1.807) is 6.07 Å². The number of hydrogen-bond donors (Lipinski definition) is 1. The van der Waals surface area contributed by atoms with Crippen LogP contribution in [-0.2, 0) is 10.2 Å². The Bertz CT molecular complexity index is 397. The van der Waals surface area contributed by atoms with Gasteiger partial charge in [-0.05, 0) is 24.0 Å². The van der Waals surface area contributed by atoms with Gasteiger partial charge in [-0.3, -0.25) is 4.79 Å². The van der Waals surface area contributed by atoms with Crippen LogP contribution in [0.5, 0.6) is 0 Å². The summed E-state index contributed by atoms with van der Waals surface area (Å²) in [7, 11) is 0. The summed E-state index contributed by atoms with van der Waals surface area (Å²) in [4.78, 5) is 12.1. The second-order valence-corrected chi connectivity index (χ2v) is 6.09. The van der Waals surface area contributed by atoms with Crippen molar-refractivity contribution >= 4 is 28.9 Å². The maximum atomic E-state index is 11.3. The van der Waals surface area contributed by atoms with Crippen molar-refractivity contribution in [1.82, 2.24) is 0 Å². The number of carboxylic acid groups (broad SMARTS) is 1. The lowest BCUT2D eigenvalue weighted by molar-refractivity contribution is -0.140. The fourth-order valence-corrected chi connectivity index (χ4v) is 3.46. The molecule has 14 heavy (non-hydrogen) atoms. The van der Waals surface area contributed by atoms with Gasteiger partial charge in [-0.25, -0.2) is 0 Å². The Morgan fingerprint density at radius 1 is 1.57 bits per heavy atom. The molecule has 0 amide bonds. The molecule has 2 nitrogen and oxygen atoms in total. The minimum absolute atomic E-state index is 0.146. The molecule has 76 valence electrons. The van der Waals surface area contributed by atoms with Gasteiger partial charge in [0, 0.05) is 4.88 Å². The molecule has 1 N–H and O–H groups in total. The second-order valence-electron chi connectivity index (χ2n) is 4.37. The molecule has 0 aromatic carbocycles. The smallest absolute Gasteiger partial charge is 0.315 e. The molecule has 1 unspecified atom stereocenters. The number of halogens is 1. The van der Waals surface area contributed by atoms with Gasteiger partial charge in [0.25, 0.3) is 0 Å². The number of thiophene rings is 1. The van der Waals surface area contributed by atoms with Crippen molar-refractivity contribution < 1.29 is 9.90 Å². The van der Waals surface area contributed by atoms with Crippen LogP contribution in [0.25, 0.3) is 0 Å². The topological polar surface area (TPSA) is 37.3 Å². The number of aliphatic carboxylic acids is 1. The van der Waals surface area contributed by atoms with E-state index < -0.39 is 11.4 Å². The van der Waals surface area contributed by atoms with E-state index in [2.05, 4.69) is 0 Å². The van der Waals surface area contributed by atoms with Crippen molar-refractivity contribution in [2.75, 3.05) is 0 Å². The van der Waals surface area contributed by atoms with Gasteiger partial charge in [0.05, 0.1) is 4.34 Å². The van der Waals surface area contributed by atoms with Crippen LogP contribution >= 0.6 is 22.9 Å². The average Bonchev–Trinajstić information content (AvgIpc) is 2.44. The summed E-state index contributed by atoms with van der Waals surface area (Å²) >= 11 is 7.19. The molecule has 1 atom stereocenters. The Hall–Kier alpha value is -0.540. The summed E-state index contributed by atoms with van der Waals surface area (Å²) in [6.07, 6.45) is 0.701. The first kappa shape index (κ1) is 9.99. The first-order valence-electron chi connectivity index (χ1n) is 4.39. The van der Waals surface area contributed by atoms with Gasteiger partial charge in [-0.2, -0.15) is 0 Å². The van der Waals surface area contributed by atoms with Gasteiger partial charge >= 0.3 is 5.97 Å². The molecule has 0 saturated heterocycles. The lowest BCUT2D eigenvalue weighted by Crippen LogP contribution is -2.24. The number of hydrogen-bond acceptors (Lipinski definition) is 2. The zero-order valence-corrected chi connectivity index (χ0v) is 9.58. The van der Waals surface area contributed by atoms with Crippen LogP contribution < -0.4 is 0 Å². The largest absolute Gasteiger partial charge is 0.481 e. The standard InChI is InChI=1S/C10H11ClO2S/c1-9(2)5-10(9,8(12)13)6-3-4-7(11)14-6/h3-4H,5H2,1-2H3,(H,12,13). The summed E-state index contributed by atoms with van der Waals surface area (Å²) in [6.45, 7) is 3.96. The van der Waals surface area contributed by atoms with Crippen molar-refractivity contribution in [3.8, 4) is 0 Å². The highest BCUT2D eigenvalue weighted by Crippen LogP contribution is 2.65. The van der Waals surface area contributed by atoms with Crippen LogP contribution in [0.2, 0.25) is 4.34 Å². The van der Waals surface area contributed by atoms with E-state index in [-0.39, 0.29) is 5.41 Å². The fraction of sp³-hybridized carbons (Fsp3) is 0.500. The average molecular weight is 231 g/mol. The first-order chi connectivity index (χ1) is 6.40. The van der Waals surface area contributed by atoms with Crippen LogP contribution in [0.4, 0.5) is 0 Å². The van der Waals surface area contributed by atoms with Gasteiger partial charge in [-0.15, -0.1) is 11.3 Å². The third-order valence-corrected chi connectivity index (χ3v) is 4.49. The molecule has 1 aliphatic carbocycles. The Balaban J connectivity index is 2.46. The zero-order valence-electron chi connectivity index (χ0n) is 8.00. The van der Waals surface area contributed by atoms with Crippen LogP contribution in [-0.4, -0.2) is 11.1 Å². The number of carbonyl (C=O) groups is 1. The van der Waals surface area contributed by atoms with Crippen LogP contribution in [0.3, 0.4) is 0 Å². The predicted octanol–water partition coefficient (Wildman–Crippen LogP) is 3.15. The molecule has 1 aromatic rings. The minimum atomic E-state index is -0.735. The normalized spacial score (nSPS) is 28.8. The third-order valence-electron chi connectivity index (χ3n) is 3.10. The van der Waals surface area contributed by atoms with Gasteiger partial charge in [0.1, 0.15) is 5.41 Å². The van der Waals surface area contributed by atoms with Gasteiger partial charge < -0.3 is 5.11 Å². The Labute approximate surface area is 91.5 Å². The minimum Gasteiger partial charge on any atom is -0.481 e. The molecular weight excluding hydrogens is 220 g/mol. The van der Waals surface area contributed by atoms with Crippen molar-refractivity contribution in [3.63, 3.8) is 0 Å². The maximum absolute atomic E-state index is 11.3. The molecule has 1 aromatic heterocycles. The van der Waals surface area contributed by atoms with Gasteiger partial charge in [0.15, 0.2) is 0 Å². The maximum Gasteiger partial charge on any atom is 0.315 e. The van der Waals surface area contributed by atoms with Crippen LogP contribution in [0.15, 0.2) is 12.1 Å². The van der Waals surface area contributed by atoms with E-state index in [1.807, 2.05) is 19.9 Å². The lowest BCUT2D eigenvalue weighted by atomic mass is 9.94. The van der Waals surface area contributed by atoms with Gasteiger partial charge in [0.2, 0.25) is 0 Å². The van der Waals surface area contributed by atoms with E-state index in [4.69, 9.17) is 11.6 Å². The van der Waals surface area contributed by atoms with E-state index in [9.17, 15) is 9.90 Å². The SMILES string of the molecule is CC1(C)CC1(C(=O)O)c1ccc(Cl)s1. The van der Waals surface area contributed by atoms with E-state index in [1.165, 1.54) is 11.3 Å². The van der Waals surface area contributed by atoms with Crippen molar-refractivity contribution in [1.29, 1.82) is 0 Å². The molecule has 4 heteroatoms. The van der Waals surface area contributed by atoms with E-state index in [0.717, 1.165) is 4.88 Å². The highest BCUT2D eigenvalue weighted by Gasteiger charge is 2.68. The summed E-state index contributed by atoms with van der Waals surface area (Å²) in [5, 5.41) is 9.27. The predicted molar refractivity (Wildman–Crippen MR) is 57.0 cm³/mol. The number of rotatable bonds is 2. The molecule has 2 rings (SSSR count). The molecule has 1 fully saturated rings. The lowest BCUT2D eigenvalue weighted by Gasteiger charge is -2.13. The van der Waals surface area contributed by atoms with Crippen molar-refractivity contribution in [2.45, 2.75) is 25.7 Å². The molecule has 1 saturated carbocycles. The summed E-state index contributed by atoms with van der Waals surface area (Å²) in [5.41, 5.74) is -0.835. The number of carboxylic acids is 1. The molecule has 0 bridgehead atoms. The second kappa shape index (κ2) is 2.74. The summed E-state index contributed by atoms with van der Waals surface area (Å²) in [6, 6.07) is 3.59. The molecule has 0 spiro atoms. The third kappa shape index (κ3) is 1.12. The van der Waals surface area contributed by atoms with Crippen LogP contribution in [0, 0.1) is 5.41 Å². The zero-order chi connectivity index (χ0) is 10.6. The summed E-state index contributed by atoms with van der Waals surface area (Å²) in [5.74, 6) is -0.735. The highest BCUT2D eigenvalue weighted by molar-refractivity contribution is 7.16. The van der Waals surface area contributed by atoms with Gasteiger partial charge in [-0.1, -0.05) is 25.4 Å². The molecule has 0 aliphatic heterocycles. The Kier molecular flexibility index (Phi) is 1.95. The first-order valence-corrected chi connectivity index (χ1v) is 5.59. The molecule has 1 heterocycles. The molecular formula is C10H11ClO2S. The van der Waals surface area contributed by atoms with E-state index in [0.29, 0.717) is 10.8 Å². The Morgan fingerprint density at radius 2 is 2.14 bits per heavy atom. The molecule has 1 aliphatic rings. The fourth-order valence-electron chi connectivity index (χ4n) is 2.05. The highest BCUT2D eigenvalue weighted by atomic mass is 35.5. The monoisotopic (exact) mass is 230 g/mol. The summed E-state index contributed by atoms with van der Waals surface area (Å²) < 4.78 is 0.656. The van der Waals surface area contributed by atoms with Crippen LogP contribution in [0.1, 0.15) is 25.1 Å². The van der Waals surface area contributed by atoms with Crippen molar-refractivity contribution in [3.05, 3.63) is 21.3 Å². The quantitative estimate of drug-likeness (QED) is 0.848. The van der Waals surface area contributed by atoms with Crippen molar-refractivity contribution in [2.24, 2.45) is 5.41 Å².